The standard InChI is InChI=1S/C29H38N2O4.C28H36N2O4.C27H34N2O4/c1-5-7-9-11-18-31-27(32)23-14-12-13-22-25(16-15-24(26(22)23)28(31)33)30(17-10-8-6-2)19-20-35-29(34)21(3)4;1-5-7-9-10-17-30-26(31)22-13-11-12-21-24(15-14-23(25(21)22)27(30)32)29(16-8-6-2)18-19-34-28(33)20(3)4;1-5-7-8-9-16-29-25(30)21-12-10-11-20-23(14-13-22(24(20)21)26(29)31)28(15-6-2)17-18-33-27(32)19(3)4/h12-16H,3,5-11,17-20H2,1-2,4H3;11-15H,3,5-10,16-19H2,1-2,4H3;10-14H,3,5-9,15-18H2,1-2,4H3. The molecule has 6 aromatic rings. The summed E-state index contributed by atoms with van der Waals surface area (Å²) in [7, 11) is 0. The minimum absolute atomic E-state index is 0.213. The summed E-state index contributed by atoms with van der Waals surface area (Å²) in [6, 6.07) is 28.4. The highest BCUT2D eigenvalue weighted by Crippen LogP contribution is 2.40. The molecule has 0 aromatic heterocycles. The van der Waals surface area contributed by atoms with Crippen LogP contribution < -0.4 is 14.7 Å². The first-order chi connectivity index (χ1) is 49.2. The van der Waals surface area contributed by atoms with E-state index in [1.807, 2.05) is 91.0 Å². The second kappa shape index (κ2) is 39.7. The highest BCUT2D eigenvalue weighted by molar-refractivity contribution is 6.29. The summed E-state index contributed by atoms with van der Waals surface area (Å²) in [6.07, 6.45) is 18.2. The smallest absolute Gasteiger partial charge is 0.333 e. The summed E-state index contributed by atoms with van der Waals surface area (Å²) in [4.78, 5) is 126. The first-order valence-electron chi connectivity index (χ1n) is 37.2. The van der Waals surface area contributed by atoms with Crippen LogP contribution in [0.3, 0.4) is 0 Å². The van der Waals surface area contributed by atoms with Crippen LogP contribution in [0.1, 0.15) is 240 Å². The van der Waals surface area contributed by atoms with Crippen LogP contribution in [0.5, 0.6) is 0 Å². The number of anilines is 3. The number of rotatable bonds is 39. The Kier molecular flexibility index (Phi) is 31.1. The van der Waals surface area contributed by atoms with Crippen molar-refractivity contribution in [3.63, 3.8) is 0 Å². The SMILES string of the molecule is C=C(C)C(=O)OCCN(CCC)c1ccc2c3c(cccc13)C(=O)N(CCCCCC)C2=O.C=C(C)C(=O)OCCN(CCCC)c1ccc2c3c(cccc13)C(=O)N(CCCCCC)C2=O.C=C(C)C(=O)OCCN(CCCCC)c1ccc2c3c(cccc13)C(=O)N(CCCCCC)C2=O. The van der Waals surface area contributed by atoms with Crippen LogP contribution in [0, 0.1) is 0 Å². The molecule has 0 unspecified atom stereocenters. The number of imide groups is 3. The van der Waals surface area contributed by atoms with Gasteiger partial charge in [0.2, 0.25) is 0 Å². The molecule has 6 aromatic carbocycles. The molecular weight excluding hydrogens is 1280 g/mol. The van der Waals surface area contributed by atoms with Crippen LogP contribution in [0.4, 0.5) is 17.1 Å². The second-order valence-corrected chi connectivity index (χ2v) is 26.8. The Labute approximate surface area is 604 Å². The fraction of sp³-hybridized carbons (Fsp3) is 0.464. The average Bonchev–Trinajstić information content (AvgIpc) is 0.754. The van der Waals surface area contributed by atoms with Crippen LogP contribution in [-0.2, 0) is 28.6 Å². The highest BCUT2D eigenvalue weighted by Gasteiger charge is 2.37. The molecule has 102 heavy (non-hydrogen) atoms. The molecule has 3 heterocycles. The van der Waals surface area contributed by atoms with E-state index in [4.69, 9.17) is 14.2 Å². The molecule has 18 heteroatoms. The summed E-state index contributed by atoms with van der Waals surface area (Å²) >= 11 is 0. The largest absolute Gasteiger partial charge is 0.460 e. The normalized spacial score (nSPS) is 12.9. The van der Waals surface area contributed by atoms with Crippen molar-refractivity contribution in [3.05, 3.63) is 161 Å². The molecule has 0 atom stereocenters. The number of amides is 6. The maximum Gasteiger partial charge on any atom is 0.333 e. The molecule has 6 amide bonds. The van der Waals surface area contributed by atoms with E-state index in [9.17, 15) is 43.2 Å². The van der Waals surface area contributed by atoms with Crippen LogP contribution in [-0.4, -0.2) is 147 Å². The Morgan fingerprint density at radius 3 is 0.853 bits per heavy atom. The van der Waals surface area contributed by atoms with Gasteiger partial charge in [-0.15, -0.1) is 0 Å². The second-order valence-electron chi connectivity index (χ2n) is 26.8. The molecule has 0 saturated heterocycles. The molecule has 0 fully saturated rings. The summed E-state index contributed by atoms with van der Waals surface area (Å²) in [5, 5.41) is 4.80. The van der Waals surface area contributed by atoms with Gasteiger partial charge in [0.15, 0.2) is 0 Å². The minimum Gasteiger partial charge on any atom is -0.460 e. The van der Waals surface area contributed by atoms with Gasteiger partial charge in [-0.1, -0.05) is 175 Å². The minimum atomic E-state index is -0.404. The summed E-state index contributed by atoms with van der Waals surface area (Å²) < 4.78 is 16.0. The van der Waals surface area contributed by atoms with Crippen molar-refractivity contribution in [2.45, 2.75) is 178 Å². The van der Waals surface area contributed by atoms with Gasteiger partial charge >= 0.3 is 17.9 Å². The number of benzene rings is 6. The Bertz CT molecular complexity index is 3970. The topological polar surface area (TPSA) is 201 Å². The van der Waals surface area contributed by atoms with Gasteiger partial charge in [-0.05, 0) is 114 Å². The number of carbonyl (C=O) groups is 9. The van der Waals surface area contributed by atoms with Gasteiger partial charge in [-0.25, -0.2) is 14.4 Å². The van der Waals surface area contributed by atoms with E-state index in [1.54, 1.807) is 20.8 Å². The summed E-state index contributed by atoms with van der Waals surface area (Å²) in [6.45, 7) is 34.5. The maximum absolute atomic E-state index is 13.3. The van der Waals surface area contributed by atoms with Crippen molar-refractivity contribution in [3.8, 4) is 0 Å². The lowest BCUT2D eigenvalue weighted by Gasteiger charge is -2.31. The molecule has 0 spiro atoms. The van der Waals surface area contributed by atoms with E-state index in [1.165, 1.54) is 14.7 Å². The van der Waals surface area contributed by atoms with E-state index in [-0.39, 0.29) is 55.3 Å². The van der Waals surface area contributed by atoms with Gasteiger partial charge in [0.25, 0.3) is 35.4 Å². The van der Waals surface area contributed by atoms with Crippen LogP contribution >= 0.6 is 0 Å². The third-order valence-electron chi connectivity index (χ3n) is 18.8. The summed E-state index contributed by atoms with van der Waals surface area (Å²) in [5.41, 5.74) is 7.40. The van der Waals surface area contributed by atoms with Crippen molar-refractivity contribution >= 4 is 103 Å². The van der Waals surface area contributed by atoms with E-state index < -0.39 is 17.9 Å². The zero-order chi connectivity index (χ0) is 74.0. The van der Waals surface area contributed by atoms with Gasteiger partial charge in [0, 0.05) is 139 Å². The van der Waals surface area contributed by atoms with Gasteiger partial charge in [0.05, 0.1) is 19.6 Å². The molecule has 3 aliphatic rings. The maximum atomic E-state index is 13.3. The van der Waals surface area contributed by atoms with E-state index in [0.29, 0.717) is 89.4 Å². The lowest BCUT2D eigenvalue weighted by Crippen LogP contribution is -2.41. The molecular formula is C84H108N6O12. The first kappa shape index (κ1) is 79.9. The molecule has 546 valence electrons. The zero-order valence-electron chi connectivity index (χ0n) is 62.1. The van der Waals surface area contributed by atoms with Crippen LogP contribution in [0.25, 0.3) is 32.3 Å². The van der Waals surface area contributed by atoms with Crippen molar-refractivity contribution in [2.75, 3.05) is 93.4 Å². The van der Waals surface area contributed by atoms with Gasteiger partial charge in [0.1, 0.15) is 19.8 Å². The van der Waals surface area contributed by atoms with Gasteiger partial charge in [-0.3, -0.25) is 43.5 Å². The van der Waals surface area contributed by atoms with E-state index in [2.05, 4.69) is 76.0 Å². The quantitative estimate of drug-likeness (QED) is 0.0116. The number of hydrogen-bond donors (Lipinski definition) is 0. The number of esters is 3. The molecule has 18 nitrogen and oxygen atoms in total. The third-order valence-corrected chi connectivity index (χ3v) is 18.8. The fourth-order valence-corrected chi connectivity index (χ4v) is 13.3. The fourth-order valence-electron chi connectivity index (χ4n) is 13.3. The monoisotopic (exact) mass is 1390 g/mol. The number of carbonyl (C=O) groups excluding carboxylic acids is 9. The first-order valence-corrected chi connectivity index (χ1v) is 37.2. The average molecular weight is 1390 g/mol. The highest BCUT2D eigenvalue weighted by atomic mass is 16.5. The molecule has 9 rings (SSSR count). The Balaban J connectivity index is 0.000000215. The number of hydrogen-bond acceptors (Lipinski definition) is 15. The predicted octanol–water partition coefficient (Wildman–Crippen LogP) is 17.2. The van der Waals surface area contributed by atoms with Crippen molar-refractivity contribution in [1.29, 1.82) is 0 Å². The molecule has 0 saturated carbocycles. The molecule has 3 aliphatic heterocycles. The van der Waals surface area contributed by atoms with Crippen molar-refractivity contribution < 1.29 is 57.4 Å². The molecule has 0 bridgehead atoms. The van der Waals surface area contributed by atoms with Crippen LogP contribution in [0.2, 0.25) is 0 Å². The lowest BCUT2D eigenvalue weighted by atomic mass is 9.92. The Hall–Kier alpha value is -9.45. The van der Waals surface area contributed by atoms with E-state index in [0.717, 1.165) is 185 Å². The van der Waals surface area contributed by atoms with E-state index >= 15 is 0 Å². The van der Waals surface area contributed by atoms with Gasteiger partial charge < -0.3 is 28.9 Å². The summed E-state index contributed by atoms with van der Waals surface area (Å²) in [5.74, 6) is -2.50. The lowest BCUT2D eigenvalue weighted by molar-refractivity contribution is -0.139. The molecule has 0 aliphatic carbocycles. The Morgan fingerprint density at radius 2 is 0.578 bits per heavy atom. The molecule has 0 N–H and O–H groups in total. The van der Waals surface area contributed by atoms with Gasteiger partial charge in [-0.2, -0.15) is 0 Å². The molecule has 0 radical (unpaired) electrons. The third kappa shape index (κ3) is 19.8. The van der Waals surface area contributed by atoms with Crippen molar-refractivity contribution in [1.82, 2.24) is 14.7 Å². The zero-order valence-corrected chi connectivity index (χ0v) is 62.1. The number of unbranched alkanes of at least 4 members (excludes halogenated alkanes) is 12. The van der Waals surface area contributed by atoms with Crippen LogP contribution in [0.15, 0.2) is 127 Å². The van der Waals surface area contributed by atoms with Crippen molar-refractivity contribution in [2.24, 2.45) is 0 Å². The number of nitrogens with zero attached hydrogens (tertiary/aromatic N) is 6. The predicted molar refractivity (Wildman–Crippen MR) is 409 cm³/mol. The Morgan fingerprint density at radius 1 is 0.314 bits per heavy atom. The number of ether oxygens (including phenoxy) is 3.